The van der Waals surface area contributed by atoms with Crippen LogP contribution in [-0.2, 0) is 4.74 Å². The second-order valence-electron chi connectivity index (χ2n) is 7.88. The maximum absolute atomic E-state index is 12.7. The van der Waals surface area contributed by atoms with E-state index in [1.165, 1.54) is 32.4 Å². The minimum absolute atomic E-state index is 0.101. The van der Waals surface area contributed by atoms with Crippen molar-refractivity contribution in [3.63, 3.8) is 0 Å². The number of piperidine rings is 1. The summed E-state index contributed by atoms with van der Waals surface area (Å²) in [4.78, 5) is 15.2. The van der Waals surface area contributed by atoms with Crippen molar-refractivity contribution in [3.05, 3.63) is 59.7 Å². The van der Waals surface area contributed by atoms with Crippen molar-refractivity contribution in [2.75, 3.05) is 44.8 Å². The molecule has 2 aromatic carbocycles. The summed E-state index contributed by atoms with van der Waals surface area (Å²) in [5, 5.41) is 3.07. The van der Waals surface area contributed by atoms with Gasteiger partial charge in [0, 0.05) is 30.3 Å². The quantitative estimate of drug-likeness (QED) is 0.760. The van der Waals surface area contributed by atoms with E-state index in [2.05, 4.69) is 16.3 Å². The molecule has 2 saturated heterocycles. The Labute approximate surface area is 173 Å². The molecule has 0 saturated carbocycles. The van der Waals surface area contributed by atoms with Gasteiger partial charge in [-0.15, -0.1) is 0 Å². The molecule has 2 fully saturated rings. The zero-order valence-electron chi connectivity index (χ0n) is 16.9. The van der Waals surface area contributed by atoms with Gasteiger partial charge in [0.15, 0.2) is 0 Å². The first kappa shape index (κ1) is 19.9. The lowest BCUT2D eigenvalue weighted by Crippen LogP contribution is -2.33. The third kappa shape index (κ3) is 5.37. The minimum Gasteiger partial charge on any atom is -0.492 e. The largest absolute Gasteiger partial charge is 0.492 e. The van der Waals surface area contributed by atoms with Crippen molar-refractivity contribution in [2.45, 2.75) is 31.6 Å². The van der Waals surface area contributed by atoms with E-state index in [0.717, 1.165) is 43.2 Å². The van der Waals surface area contributed by atoms with Gasteiger partial charge in [-0.2, -0.15) is 0 Å². The summed E-state index contributed by atoms with van der Waals surface area (Å²) in [7, 11) is 0. The molecule has 1 amide bonds. The molecule has 0 bridgehead atoms. The standard InChI is InChI=1S/C24H30N2O3/c27-24(25-23-7-3-2-6-22(23)20-12-16-28-18-20)19-8-10-21(11-9-19)29-17-15-26-13-4-1-5-14-26/h2-3,6-11,20H,1,4-5,12-18H2,(H,25,27). The summed E-state index contributed by atoms with van der Waals surface area (Å²) in [5.41, 5.74) is 2.65. The third-order valence-electron chi connectivity index (χ3n) is 5.82. The summed E-state index contributed by atoms with van der Waals surface area (Å²) in [6.45, 7) is 5.50. The van der Waals surface area contributed by atoms with Crippen LogP contribution in [0.5, 0.6) is 5.75 Å². The highest BCUT2D eigenvalue weighted by Gasteiger charge is 2.21. The molecule has 2 aromatic rings. The fourth-order valence-electron chi connectivity index (χ4n) is 4.12. The Balaban J connectivity index is 1.31. The number of carbonyl (C=O) groups excluding carboxylic acids is 1. The van der Waals surface area contributed by atoms with Crippen molar-refractivity contribution < 1.29 is 14.3 Å². The Bertz CT molecular complexity index is 794. The van der Waals surface area contributed by atoms with Crippen molar-refractivity contribution in [3.8, 4) is 5.75 Å². The van der Waals surface area contributed by atoms with Crippen LogP contribution in [-0.4, -0.2) is 50.3 Å². The van der Waals surface area contributed by atoms with E-state index < -0.39 is 0 Å². The van der Waals surface area contributed by atoms with Crippen LogP contribution >= 0.6 is 0 Å². The Kier molecular flexibility index (Phi) is 6.80. The molecule has 5 heteroatoms. The average Bonchev–Trinajstić information content (AvgIpc) is 3.30. The number of anilines is 1. The second-order valence-corrected chi connectivity index (χ2v) is 7.88. The van der Waals surface area contributed by atoms with Crippen LogP contribution in [0.2, 0.25) is 0 Å². The van der Waals surface area contributed by atoms with Gasteiger partial charge in [0.05, 0.1) is 6.61 Å². The first-order valence-corrected chi connectivity index (χ1v) is 10.7. The average molecular weight is 395 g/mol. The molecule has 0 radical (unpaired) electrons. The van der Waals surface area contributed by atoms with E-state index in [9.17, 15) is 4.79 Å². The number of para-hydroxylation sites is 1. The van der Waals surface area contributed by atoms with Gasteiger partial charge in [-0.1, -0.05) is 24.6 Å². The first-order chi connectivity index (χ1) is 14.3. The zero-order chi connectivity index (χ0) is 19.9. The van der Waals surface area contributed by atoms with Gasteiger partial charge in [0.2, 0.25) is 0 Å². The Morgan fingerprint density at radius 1 is 1.07 bits per heavy atom. The van der Waals surface area contributed by atoms with E-state index >= 15 is 0 Å². The molecule has 0 aliphatic carbocycles. The van der Waals surface area contributed by atoms with Crippen LogP contribution in [0.3, 0.4) is 0 Å². The van der Waals surface area contributed by atoms with Crippen molar-refractivity contribution in [1.82, 2.24) is 4.90 Å². The molecule has 2 heterocycles. The summed E-state index contributed by atoms with van der Waals surface area (Å²) in [5.74, 6) is 1.06. The number of hydrogen-bond donors (Lipinski definition) is 1. The summed E-state index contributed by atoms with van der Waals surface area (Å²) >= 11 is 0. The van der Waals surface area contributed by atoms with Gasteiger partial charge < -0.3 is 14.8 Å². The van der Waals surface area contributed by atoms with Gasteiger partial charge >= 0.3 is 0 Å². The lowest BCUT2D eigenvalue weighted by atomic mass is 9.96. The first-order valence-electron chi connectivity index (χ1n) is 10.7. The molecule has 4 rings (SSSR count). The number of nitrogens with one attached hydrogen (secondary N) is 1. The second kappa shape index (κ2) is 9.90. The lowest BCUT2D eigenvalue weighted by Gasteiger charge is -2.26. The number of amides is 1. The topological polar surface area (TPSA) is 50.8 Å². The molecule has 1 N–H and O–H groups in total. The molecule has 29 heavy (non-hydrogen) atoms. The van der Waals surface area contributed by atoms with E-state index in [1.807, 2.05) is 42.5 Å². The Morgan fingerprint density at radius 3 is 2.62 bits per heavy atom. The van der Waals surface area contributed by atoms with E-state index in [-0.39, 0.29) is 5.91 Å². The maximum atomic E-state index is 12.7. The third-order valence-corrected chi connectivity index (χ3v) is 5.82. The van der Waals surface area contributed by atoms with Crippen LogP contribution in [0, 0.1) is 0 Å². The van der Waals surface area contributed by atoms with E-state index in [0.29, 0.717) is 18.1 Å². The monoisotopic (exact) mass is 394 g/mol. The predicted molar refractivity (Wildman–Crippen MR) is 115 cm³/mol. The number of nitrogens with zero attached hydrogens (tertiary/aromatic N) is 1. The molecule has 0 aromatic heterocycles. The Morgan fingerprint density at radius 2 is 1.86 bits per heavy atom. The fraction of sp³-hybridized carbons (Fsp3) is 0.458. The van der Waals surface area contributed by atoms with Gasteiger partial charge in [-0.25, -0.2) is 0 Å². The fourth-order valence-corrected chi connectivity index (χ4v) is 4.12. The summed E-state index contributed by atoms with van der Waals surface area (Å²) in [6, 6.07) is 15.4. The summed E-state index contributed by atoms with van der Waals surface area (Å²) in [6.07, 6.45) is 4.93. The van der Waals surface area contributed by atoms with Crippen molar-refractivity contribution >= 4 is 11.6 Å². The Hall–Kier alpha value is -2.37. The molecule has 1 atom stereocenters. The zero-order valence-corrected chi connectivity index (χ0v) is 16.9. The highest BCUT2D eigenvalue weighted by molar-refractivity contribution is 6.04. The van der Waals surface area contributed by atoms with Gasteiger partial charge in [-0.3, -0.25) is 9.69 Å². The molecule has 5 nitrogen and oxygen atoms in total. The molecule has 2 aliphatic rings. The van der Waals surface area contributed by atoms with Crippen molar-refractivity contribution in [1.29, 1.82) is 0 Å². The highest BCUT2D eigenvalue weighted by atomic mass is 16.5. The number of hydrogen-bond acceptors (Lipinski definition) is 4. The number of carbonyl (C=O) groups is 1. The minimum atomic E-state index is -0.101. The number of rotatable bonds is 7. The molecule has 0 spiro atoms. The highest BCUT2D eigenvalue weighted by Crippen LogP contribution is 2.31. The predicted octanol–water partition coefficient (Wildman–Crippen LogP) is 4.31. The van der Waals surface area contributed by atoms with Gasteiger partial charge in [0.1, 0.15) is 12.4 Å². The van der Waals surface area contributed by atoms with Crippen LogP contribution in [0.4, 0.5) is 5.69 Å². The van der Waals surface area contributed by atoms with Gasteiger partial charge in [-0.05, 0) is 68.2 Å². The number of likely N-dealkylation sites (tertiary alicyclic amines) is 1. The molecule has 154 valence electrons. The van der Waals surface area contributed by atoms with E-state index in [1.54, 1.807) is 0 Å². The summed E-state index contributed by atoms with van der Waals surface area (Å²) < 4.78 is 11.4. The molecule has 1 unspecified atom stereocenters. The lowest BCUT2D eigenvalue weighted by molar-refractivity contribution is 0.102. The normalized spacial score (nSPS) is 19.8. The van der Waals surface area contributed by atoms with Crippen LogP contribution in [0.1, 0.15) is 47.5 Å². The SMILES string of the molecule is O=C(Nc1ccccc1C1CCOC1)c1ccc(OCCN2CCCCC2)cc1. The molecular weight excluding hydrogens is 364 g/mol. The van der Waals surface area contributed by atoms with Crippen molar-refractivity contribution in [2.24, 2.45) is 0 Å². The number of benzene rings is 2. The van der Waals surface area contributed by atoms with Crippen LogP contribution < -0.4 is 10.1 Å². The number of ether oxygens (including phenoxy) is 2. The van der Waals surface area contributed by atoms with E-state index in [4.69, 9.17) is 9.47 Å². The van der Waals surface area contributed by atoms with Crippen LogP contribution in [0.25, 0.3) is 0 Å². The molecular formula is C24H30N2O3. The maximum Gasteiger partial charge on any atom is 0.255 e. The molecule has 2 aliphatic heterocycles. The van der Waals surface area contributed by atoms with Gasteiger partial charge in [0.25, 0.3) is 5.91 Å². The van der Waals surface area contributed by atoms with Crippen LogP contribution in [0.15, 0.2) is 48.5 Å². The smallest absolute Gasteiger partial charge is 0.255 e.